The third kappa shape index (κ3) is 5.63. The lowest BCUT2D eigenvalue weighted by Crippen LogP contribution is -2.37. The maximum absolute atomic E-state index is 14.2. The number of urea groups is 1. The molecular formula is C44H38Cl2N8O5. The first-order valence-corrected chi connectivity index (χ1v) is 20.3. The first-order chi connectivity index (χ1) is 28.4. The summed E-state index contributed by atoms with van der Waals surface area (Å²) in [5.41, 5.74) is 9.51. The Hall–Kier alpha value is -6.57. The number of fused-ring (bicyclic) bond motifs is 8. The number of aromatic amines is 4. The zero-order valence-corrected chi connectivity index (χ0v) is 33.6. The first kappa shape index (κ1) is 36.7. The first-order valence-electron chi connectivity index (χ1n) is 19.2. The predicted octanol–water partition coefficient (Wildman–Crippen LogP) is 9.64. The quantitative estimate of drug-likeness (QED) is 0.0775. The van der Waals surface area contributed by atoms with E-state index in [2.05, 4.69) is 30.6 Å². The summed E-state index contributed by atoms with van der Waals surface area (Å²) in [5, 5.41) is 30.6. The standard InChI is InChI=1S/C44H38Cl2N8O5/c1-19-16-47-40-34(55)12-32-38(36(19)40)24(14-45)18-53(32)42(57)30-10-22-8-25(4-6-28(22)51-30)49-44(59)50-26-5-7-29-23(9-26)11-31(52-29)43(58)54-21(3)27(15-46)39-33(54)13-35(56)41-37(39)20(2)17-48-41/h4-13,16-17,21,24,27,47-48,51-52,55-56H,14-15,18H2,1-3H3,(H2,49,50,59)/t21?,24-,27-/m1/s1. The van der Waals surface area contributed by atoms with Crippen LogP contribution in [0.15, 0.2) is 73.1 Å². The third-order valence-corrected chi connectivity index (χ3v) is 12.8. The number of halogens is 2. The van der Waals surface area contributed by atoms with Gasteiger partial charge in [-0.1, -0.05) is 0 Å². The third-order valence-electron chi connectivity index (χ3n) is 12.1. The normalized spacial score (nSPS) is 17.4. The van der Waals surface area contributed by atoms with Crippen LogP contribution >= 0.6 is 23.2 Å². The maximum Gasteiger partial charge on any atom is 0.323 e. The summed E-state index contributed by atoms with van der Waals surface area (Å²) >= 11 is 12.9. The van der Waals surface area contributed by atoms with E-state index in [0.29, 0.717) is 74.5 Å². The van der Waals surface area contributed by atoms with Crippen LogP contribution in [0, 0.1) is 13.8 Å². The number of hydrogen-bond acceptors (Lipinski definition) is 5. The number of nitrogens with one attached hydrogen (secondary N) is 6. The SMILES string of the molecule is Cc1c[nH]c2c(O)cc3c(c12)[C@H](CCl)CN3C(=O)c1cc2cc(NC(=O)Nc3ccc4[nH]c(C(=O)N5c6cc(O)c7[nH]cc(C)c7c6[C@H](CCl)C5C)cc4c3)ccc2[nH]1. The monoisotopic (exact) mass is 828 g/mol. The van der Waals surface area contributed by atoms with E-state index >= 15 is 0 Å². The summed E-state index contributed by atoms with van der Waals surface area (Å²) in [5.74, 6) is -0.00695. The van der Waals surface area contributed by atoms with Crippen molar-refractivity contribution in [3.8, 4) is 11.5 Å². The van der Waals surface area contributed by atoms with E-state index in [1.165, 1.54) is 0 Å². The molecule has 15 heteroatoms. The summed E-state index contributed by atoms with van der Waals surface area (Å²) in [6.45, 7) is 6.26. The molecule has 298 valence electrons. The molecule has 2 aliphatic rings. The summed E-state index contributed by atoms with van der Waals surface area (Å²) in [6.07, 6.45) is 3.68. The molecule has 0 bridgehead atoms. The Morgan fingerprint density at radius 2 is 1.27 bits per heavy atom. The molecule has 0 saturated heterocycles. The van der Waals surface area contributed by atoms with Gasteiger partial charge in [0.25, 0.3) is 11.8 Å². The molecule has 0 saturated carbocycles. The van der Waals surface area contributed by atoms with Gasteiger partial charge < -0.3 is 50.6 Å². The van der Waals surface area contributed by atoms with E-state index in [9.17, 15) is 24.6 Å². The van der Waals surface area contributed by atoms with E-state index in [-0.39, 0.29) is 41.2 Å². The van der Waals surface area contributed by atoms with Crippen molar-refractivity contribution in [1.82, 2.24) is 19.9 Å². The molecule has 0 radical (unpaired) electrons. The van der Waals surface area contributed by atoms with Gasteiger partial charge in [0.1, 0.15) is 22.9 Å². The van der Waals surface area contributed by atoms with Gasteiger partial charge in [-0.3, -0.25) is 9.59 Å². The Morgan fingerprint density at radius 1 is 0.729 bits per heavy atom. The van der Waals surface area contributed by atoms with Crippen LogP contribution in [-0.2, 0) is 0 Å². The molecule has 1 unspecified atom stereocenters. The number of carbonyl (C=O) groups excluding carboxylic acids is 3. The molecule has 2 aliphatic heterocycles. The second kappa shape index (κ2) is 13.5. The van der Waals surface area contributed by atoms with Gasteiger partial charge in [0.15, 0.2) is 0 Å². The zero-order chi connectivity index (χ0) is 41.0. The van der Waals surface area contributed by atoms with Gasteiger partial charge in [-0.25, -0.2) is 4.79 Å². The van der Waals surface area contributed by atoms with Crippen LogP contribution in [0.3, 0.4) is 0 Å². The van der Waals surface area contributed by atoms with Crippen molar-refractivity contribution in [2.24, 2.45) is 0 Å². The smallest absolute Gasteiger partial charge is 0.323 e. The average molecular weight is 830 g/mol. The van der Waals surface area contributed by atoms with Crippen molar-refractivity contribution in [3.63, 3.8) is 0 Å². The van der Waals surface area contributed by atoms with Crippen molar-refractivity contribution in [2.75, 3.05) is 38.7 Å². The van der Waals surface area contributed by atoms with Crippen LogP contribution in [0.1, 0.15) is 62.0 Å². The zero-order valence-electron chi connectivity index (χ0n) is 32.1. The molecule has 4 aromatic carbocycles. The number of carbonyl (C=O) groups is 3. The Balaban J connectivity index is 0.857. The fourth-order valence-electron chi connectivity index (χ4n) is 9.26. The van der Waals surface area contributed by atoms with Crippen LogP contribution in [0.2, 0.25) is 0 Å². The lowest BCUT2D eigenvalue weighted by molar-refractivity contribution is 0.0971. The molecule has 0 fully saturated rings. The van der Waals surface area contributed by atoms with Crippen LogP contribution < -0.4 is 20.4 Å². The van der Waals surface area contributed by atoms with Gasteiger partial charge >= 0.3 is 6.03 Å². The number of alkyl halides is 2. The van der Waals surface area contributed by atoms with E-state index in [0.717, 1.165) is 43.8 Å². The Bertz CT molecular complexity index is 3090. The molecular weight excluding hydrogens is 791 g/mol. The Morgan fingerprint density at radius 3 is 1.83 bits per heavy atom. The largest absolute Gasteiger partial charge is 0.506 e. The highest BCUT2D eigenvalue weighted by Crippen LogP contribution is 2.50. The van der Waals surface area contributed by atoms with Crippen molar-refractivity contribution >= 4 is 107 Å². The second-order valence-electron chi connectivity index (χ2n) is 15.6. The van der Waals surface area contributed by atoms with Gasteiger partial charge in [-0.05, 0) is 91.6 Å². The highest BCUT2D eigenvalue weighted by atomic mass is 35.5. The van der Waals surface area contributed by atoms with Crippen LogP contribution in [0.25, 0.3) is 43.6 Å². The number of H-pyrrole nitrogens is 4. The maximum atomic E-state index is 14.2. The molecule has 0 spiro atoms. The molecule has 4 aromatic heterocycles. The highest BCUT2D eigenvalue weighted by molar-refractivity contribution is 6.20. The minimum atomic E-state index is -0.477. The molecule has 0 aliphatic carbocycles. The van der Waals surface area contributed by atoms with Gasteiger partial charge in [0.2, 0.25) is 0 Å². The molecule has 3 atom stereocenters. The van der Waals surface area contributed by atoms with Gasteiger partial charge in [0.05, 0.1) is 22.4 Å². The highest BCUT2D eigenvalue weighted by Gasteiger charge is 2.42. The number of anilines is 4. The Labute approximate surface area is 346 Å². The molecule has 8 aromatic rings. The second-order valence-corrected chi connectivity index (χ2v) is 16.2. The summed E-state index contributed by atoms with van der Waals surface area (Å²) in [7, 11) is 0. The topological polar surface area (TPSA) is 185 Å². The minimum Gasteiger partial charge on any atom is -0.506 e. The van der Waals surface area contributed by atoms with E-state index < -0.39 is 6.03 Å². The molecule has 13 nitrogen and oxygen atoms in total. The number of rotatable bonds is 6. The molecule has 59 heavy (non-hydrogen) atoms. The average Bonchev–Trinajstić information content (AvgIpc) is 4.07. The van der Waals surface area contributed by atoms with Crippen molar-refractivity contribution < 1.29 is 24.6 Å². The van der Waals surface area contributed by atoms with Crippen LogP contribution in [-0.4, -0.2) is 72.3 Å². The number of hydrogen-bond donors (Lipinski definition) is 8. The lowest BCUT2D eigenvalue weighted by Gasteiger charge is -2.24. The number of aromatic hydroxyl groups is 2. The van der Waals surface area contributed by atoms with E-state index in [1.807, 2.05) is 33.2 Å². The number of nitrogens with zero attached hydrogens (tertiary/aromatic N) is 2. The Kier molecular flexibility index (Phi) is 8.41. The number of aromatic nitrogens is 4. The minimum absolute atomic E-state index is 0.0620. The van der Waals surface area contributed by atoms with Crippen LogP contribution in [0.5, 0.6) is 11.5 Å². The van der Waals surface area contributed by atoms with Crippen molar-refractivity contribution in [2.45, 2.75) is 38.6 Å². The number of benzene rings is 4. The lowest BCUT2D eigenvalue weighted by atomic mass is 9.93. The fourth-order valence-corrected chi connectivity index (χ4v) is 9.92. The molecule has 6 heterocycles. The van der Waals surface area contributed by atoms with Crippen molar-refractivity contribution in [1.29, 1.82) is 0 Å². The molecule has 10 rings (SSSR count). The number of aryl methyl sites for hydroxylation is 2. The van der Waals surface area contributed by atoms with Gasteiger partial charge in [-0.15, -0.1) is 23.2 Å². The summed E-state index contributed by atoms with van der Waals surface area (Å²) in [6, 6.07) is 16.6. The van der Waals surface area contributed by atoms with E-state index in [1.54, 1.807) is 70.5 Å². The van der Waals surface area contributed by atoms with E-state index in [4.69, 9.17) is 23.2 Å². The van der Waals surface area contributed by atoms with Gasteiger partial charge in [0, 0.05) is 105 Å². The predicted molar refractivity (Wildman–Crippen MR) is 234 cm³/mol. The number of phenols is 2. The number of amides is 4. The summed E-state index contributed by atoms with van der Waals surface area (Å²) in [4.78, 5) is 57.4. The fraction of sp³-hybridized carbons (Fsp3) is 0.205. The summed E-state index contributed by atoms with van der Waals surface area (Å²) < 4.78 is 0. The number of phenolic OH excluding ortho intramolecular Hbond substituents is 2. The van der Waals surface area contributed by atoms with Gasteiger partial charge in [-0.2, -0.15) is 0 Å². The molecule has 8 N–H and O–H groups in total. The molecule has 4 amide bonds. The van der Waals surface area contributed by atoms with Crippen molar-refractivity contribution in [3.05, 3.63) is 107 Å². The van der Waals surface area contributed by atoms with Crippen LogP contribution in [0.4, 0.5) is 27.5 Å².